The molecule has 0 saturated carbocycles. The summed E-state index contributed by atoms with van der Waals surface area (Å²) in [5.41, 5.74) is 2.88. The SMILES string of the molecule is COc1cc(/C=C(/NC(=O)c2ccccc2)C(=O)Nc2cccc(SC(C)C(=O)Nc3ccc(C)c(Cl)c3)c2)cc(OC)c1OC. The quantitative estimate of drug-likeness (QED) is 0.109. The fourth-order valence-electron chi connectivity index (χ4n) is 4.31. The molecule has 1 unspecified atom stereocenters. The average Bonchev–Trinajstić information content (AvgIpc) is 3.06. The monoisotopic (exact) mass is 659 g/mol. The molecule has 11 heteroatoms. The van der Waals surface area contributed by atoms with Crippen LogP contribution in [0.2, 0.25) is 5.02 Å². The molecule has 9 nitrogen and oxygen atoms in total. The van der Waals surface area contributed by atoms with Crippen molar-refractivity contribution in [2.75, 3.05) is 32.0 Å². The molecule has 3 amide bonds. The van der Waals surface area contributed by atoms with Crippen LogP contribution in [0.1, 0.15) is 28.4 Å². The minimum Gasteiger partial charge on any atom is -0.493 e. The lowest BCUT2D eigenvalue weighted by Gasteiger charge is -2.15. The Kier molecular flexibility index (Phi) is 11.7. The molecule has 0 aliphatic rings. The van der Waals surface area contributed by atoms with E-state index in [9.17, 15) is 14.4 Å². The van der Waals surface area contributed by atoms with Gasteiger partial charge in [-0.05, 0) is 85.6 Å². The third kappa shape index (κ3) is 8.83. The van der Waals surface area contributed by atoms with Crippen LogP contribution in [0, 0.1) is 6.92 Å². The summed E-state index contributed by atoms with van der Waals surface area (Å²) in [5.74, 6) is -0.0678. The number of aryl methyl sites for hydroxylation is 1. The van der Waals surface area contributed by atoms with Crippen molar-refractivity contribution < 1.29 is 28.6 Å². The van der Waals surface area contributed by atoms with Crippen LogP contribution in [0.25, 0.3) is 6.08 Å². The summed E-state index contributed by atoms with van der Waals surface area (Å²) < 4.78 is 16.3. The molecular weight excluding hydrogens is 626 g/mol. The van der Waals surface area contributed by atoms with Gasteiger partial charge in [0.25, 0.3) is 11.8 Å². The Morgan fingerprint density at radius 3 is 2.11 bits per heavy atom. The first kappa shape index (κ1) is 34.0. The zero-order chi connectivity index (χ0) is 33.2. The van der Waals surface area contributed by atoms with Gasteiger partial charge in [0.2, 0.25) is 11.7 Å². The summed E-state index contributed by atoms with van der Waals surface area (Å²) in [5, 5.41) is 8.58. The summed E-state index contributed by atoms with van der Waals surface area (Å²) >= 11 is 7.53. The molecule has 46 heavy (non-hydrogen) atoms. The Hall–Kier alpha value is -4.93. The van der Waals surface area contributed by atoms with Crippen LogP contribution >= 0.6 is 23.4 Å². The van der Waals surface area contributed by atoms with Crippen molar-refractivity contribution in [1.29, 1.82) is 0 Å². The minimum atomic E-state index is -0.567. The second kappa shape index (κ2) is 15.9. The number of methoxy groups -OCH3 is 3. The molecule has 0 heterocycles. The average molecular weight is 660 g/mol. The van der Waals surface area contributed by atoms with Gasteiger partial charge in [-0.2, -0.15) is 0 Å². The van der Waals surface area contributed by atoms with E-state index >= 15 is 0 Å². The van der Waals surface area contributed by atoms with E-state index in [-0.39, 0.29) is 11.6 Å². The minimum absolute atomic E-state index is 0.0225. The number of amides is 3. The Balaban J connectivity index is 1.56. The van der Waals surface area contributed by atoms with Gasteiger partial charge in [-0.25, -0.2) is 0 Å². The predicted molar refractivity (Wildman–Crippen MR) is 183 cm³/mol. The topological polar surface area (TPSA) is 115 Å². The number of ether oxygens (including phenoxy) is 3. The molecule has 0 fully saturated rings. The maximum absolute atomic E-state index is 13.6. The zero-order valence-corrected chi connectivity index (χ0v) is 27.5. The molecule has 0 aromatic heterocycles. The molecule has 238 valence electrons. The number of carbonyl (C=O) groups excluding carboxylic acids is 3. The van der Waals surface area contributed by atoms with E-state index in [1.54, 1.807) is 79.7 Å². The van der Waals surface area contributed by atoms with Gasteiger partial charge in [0.05, 0.1) is 26.6 Å². The highest BCUT2D eigenvalue weighted by Crippen LogP contribution is 2.38. The number of hydrogen-bond donors (Lipinski definition) is 3. The summed E-state index contributed by atoms with van der Waals surface area (Å²) in [4.78, 5) is 40.4. The van der Waals surface area contributed by atoms with Crippen molar-refractivity contribution in [2.45, 2.75) is 24.0 Å². The molecule has 1 atom stereocenters. The van der Waals surface area contributed by atoms with Crippen LogP contribution < -0.4 is 30.2 Å². The molecule has 0 bridgehead atoms. The molecule has 0 aliphatic carbocycles. The Morgan fingerprint density at radius 1 is 0.804 bits per heavy atom. The van der Waals surface area contributed by atoms with Crippen LogP contribution in [0.15, 0.2) is 95.5 Å². The number of benzene rings is 4. The van der Waals surface area contributed by atoms with Gasteiger partial charge in [0, 0.05) is 26.9 Å². The fraction of sp³-hybridized carbons (Fsp3) is 0.171. The highest BCUT2D eigenvalue weighted by atomic mass is 35.5. The van der Waals surface area contributed by atoms with Crippen LogP contribution in [-0.2, 0) is 9.59 Å². The Labute approximate surface area is 277 Å². The molecular formula is C35H34ClN3O6S. The highest BCUT2D eigenvalue weighted by Gasteiger charge is 2.19. The summed E-state index contributed by atoms with van der Waals surface area (Å²) in [7, 11) is 4.47. The molecule has 4 rings (SSSR count). The highest BCUT2D eigenvalue weighted by molar-refractivity contribution is 8.00. The van der Waals surface area contributed by atoms with E-state index in [0.717, 1.165) is 10.5 Å². The van der Waals surface area contributed by atoms with Gasteiger partial charge < -0.3 is 30.2 Å². The summed E-state index contributed by atoms with van der Waals surface area (Å²) in [6, 6.07) is 24.3. The molecule has 3 N–H and O–H groups in total. The Bertz CT molecular complexity index is 1740. The lowest BCUT2D eigenvalue weighted by Crippen LogP contribution is -2.30. The van der Waals surface area contributed by atoms with E-state index in [1.807, 2.05) is 19.1 Å². The molecule has 0 radical (unpaired) electrons. The van der Waals surface area contributed by atoms with E-state index in [0.29, 0.717) is 44.8 Å². The van der Waals surface area contributed by atoms with Crippen molar-refractivity contribution in [2.24, 2.45) is 0 Å². The number of hydrogen-bond acceptors (Lipinski definition) is 7. The molecule has 0 spiro atoms. The molecule has 4 aromatic rings. The summed E-state index contributed by atoms with van der Waals surface area (Å²) in [6.45, 7) is 3.68. The van der Waals surface area contributed by atoms with Crippen LogP contribution in [0.5, 0.6) is 17.2 Å². The van der Waals surface area contributed by atoms with Gasteiger partial charge in [-0.3, -0.25) is 14.4 Å². The smallest absolute Gasteiger partial charge is 0.272 e. The van der Waals surface area contributed by atoms with Crippen molar-refractivity contribution in [3.8, 4) is 17.2 Å². The van der Waals surface area contributed by atoms with Crippen molar-refractivity contribution in [3.05, 3.63) is 112 Å². The summed E-state index contributed by atoms with van der Waals surface area (Å²) in [6.07, 6.45) is 1.52. The van der Waals surface area contributed by atoms with Crippen LogP contribution in [0.4, 0.5) is 11.4 Å². The largest absolute Gasteiger partial charge is 0.493 e. The molecule has 4 aromatic carbocycles. The maximum atomic E-state index is 13.6. The standard InChI is InChI=1S/C35H34ClN3O6S/c1-21-14-15-26(20-28(21)36)37-33(40)22(2)46-27-13-9-12-25(19-27)38-35(42)29(39-34(41)24-10-7-6-8-11-24)16-23-17-30(43-3)32(45-5)31(18-23)44-4/h6-20,22H,1-5H3,(H,37,40)(H,38,42)(H,39,41)/b29-16+. The van der Waals surface area contributed by atoms with Gasteiger partial charge in [-0.15, -0.1) is 11.8 Å². The van der Waals surface area contributed by atoms with Gasteiger partial charge >= 0.3 is 0 Å². The number of thioether (sulfide) groups is 1. The first-order valence-electron chi connectivity index (χ1n) is 14.1. The number of nitrogens with one attached hydrogen (secondary N) is 3. The van der Waals surface area contributed by atoms with Gasteiger partial charge in [-0.1, -0.05) is 41.9 Å². The van der Waals surface area contributed by atoms with Crippen LogP contribution in [0.3, 0.4) is 0 Å². The lowest BCUT2D eigenvalue weighted by atomic mass is 10.1. The van der Waals surface area contributed by atoms with E-state index in [1.165, 1.54) is 39.2 Å². The molecule has 0 saturated heterocycles. The molecule has 0 aliphatic heterocycles. The second-order valence-electron chi connectivity index (χ2n) is 10.0. The van der Waals surface area contributed by atoms with Crippen molar-refractivity contribution in [1.82, 2.24) is 5.32 Å². The van der Waals surface area contributed by atoms with Crippen molar-refractivity contribution >= 4 is 58.5 Å². The number of anilines is 2. The normalized spacial score (nSPS) is 11.7. The van der Waals surface area contributed by atoms with Crippen molar-refractivity contribution in [3.63, 3.8) is 0 Å². The third-order valence-corrected chi connectivity index (χ3v) is 8.24. The lowest BCUT2D eigenvalue weighted by molar-refractivity contribution is -0.115. The zero-order valence-electron chi connectivity index (χ0n) is 26.0. The Morgan fingerprint density at radius 2 is 1.48 bits per heavy atom. The number of carbonyl (C=O) groups is 3. The second-order valence-corrected chi connectivity index (χ2v) is 11.9. The first-order valence-corrected chi connectivity index (χ1v) is 15.4. The fourth-order valence-corrected chi connectivity index (χ4v) is 5.42. The van der Waals surface area contributed by atoms with E-state index in [2.05, 4.69) is 16.0 Å². The maximum Gasteiger partial charge on any atom is 0.272 e. The number of rotatable bonds is 12. The van der Waals surface area contributed by atoms with Gasteiger partial charge in [0.1, 0.15) is 5.70 Å². The van der Waals surface area contributed by atoms with E-state index < -0.39 is 17.1 Å². The first-order chi connectivity index (χ1) is 22.1. The third-order valence-electron chi connectivity index (χ3n) is 6.74. The van der Waals surface area contributed by atoms with Crippen LogP contribution in [-0.4, -0.2) is 44.3 Å². The predicted octanol–water partition coefficient (Wildman–Crippen LogP) is 7.20. The number of halogens is 1. The van der Waals surface area contributed by atoms with E-state index in [4.69, 9.17) is 25.8 Å². The van der Waals surface area contributed by atoms with Gasteiger partial charge in [0.15, 0.2) is 11.5 Å².